The van der Waals surface area contributed by atoms with Gasteiger partial charge in [-0.3, -0.25) is 9.52 Å². The van der Waals surface area contributed by atoms with Crippen molar-refractivity contribution in [2.75, 3.05) is 50.6 Å². The topological polar surface area (TPSA) is 143 Å². The second kappa shape index (κ2) is 13.2. The summed E-state index contributed by atoms with van der Waals surface area (Å²) in [5, 5.41) is 9.94. The SMILES string of the molecule is C[C@@H]1CCCCO[C@@H](CN(C)S(C)(=O)=O)[C@@H](C)CN([C@@H](C)CO)C(=O)c2cc(NS(C)(=O)=O)ccc2O1. The minimum absolute atomic E-state index is 0.119. The third kappa shape index (κ3) is 9.71. The third-order valence-electron chi connectivity index (χ3n) is 6.36. The Hall–Kier alpha value is -1.93. The molecule has 0 aromatic heterocycles. The van der Waals surface area contributed by atoms with Crippen molar-refractivity contribution in [3.63, 3.8) is 0 Å². The van der Waals surface area contributed by atoms with Gasteiger partial charge in [-0.1, -0.05) is 6.92 Å². The number of aliphatic hydroxyl groups excluding tert-OH is 1. The molecule has 0 fully saturated rings. The van der Waals surface area contributed by atoms with E-state index >= 15 is 0 Å². The zero-order valence-electron chi connectivity index (χ0n) is 22.5. The molecule has 1 aromatic rings. The average molecular weight is 564 g/mol. The molecule has 1 amide bonds. The van der Waals surface area contributed by atoms with Crippen molar-refractivity contribution in [1.29, 1.82) is 0 Å². The van der Waals surface area contributed by atoms with E-state index in [2.05, 4.69) is 4.72 Å². The van der Waals surface area contributed by atoms with Gasteiger partial charge in [0.1, 0.15) is 5.75 Å². The Kier molecular flexibility index (Phi) is 11.2. The Morgan fingerprint density at radius 1 is 1.19 bits per heavy atom. The van der Waals surface area contributed by atoms with Crippen molar-refractivity contribution in [3.05, 3.63) is 23.8 Å². The van der Waals surface area contributed by atoms with E-state index in [4.69, 9.17) is 9.47 Å². The van der Waals surface area contributed by atoms with E-state index in [1.54, 1.807) is 13.0 Å². The van der Waals surface area contributed by atoms with Crippen LogP contribution in [0, 0.1) is 5.92 Å². The molecule has 1 aromatic carbocycles. The van der Waals surface area contributed by atoms with Crippen LogP contribution in [0.25, 0.3) is 0 Å². The molecule has 37 heavy (non-hydrogen) atoms. The average Bonchev–Trinajstić information content (AvgIpc) is 2.79. The van der Waals surface area contributed by atoms with E-state index in [9.17, 15) is 26.7 Å². The van der Waals surface area contributed by atoms with Gasteiger partial charge in [-0.2, -0.15) is 0 Å². The number of rotatable bonds is 7. The summed E-state index contributed by atoms with van der Waals surface area (Å²) >= 11 is 0. The van der Waals surface area contributed by atoms with Crippen molar-refractivity contribution in [3.8, 4) is 5.75 Å². The van der Waals surface area contributed by atoms with Crippen LogP contribution in [0.3, 0.4) is 0 Å². The zero-order valence-corrected chi connectivity index (χ0v) is 24.1. The predicted octanol–water partition coefficient (Wildman–Crippen LogP) is 1.75. The highest BCUT2D eigenvalue weighted by atomic mass is 32.2. The molecule has 1 aliphatic rings. The number of hydrogen-bond donors (Lipinski definition) is 2. The molecule has 0 unspecified atom stereocenters. The molecule has 13 heteroatoms. The van der Waals surface area contributed by atoms with Crippen molar-refractivity contribution in [2.24, 2.45) is 5.92 Å². The second-order valence-electron chi connectivity index (χ2n) is 9.93. The lowest BCUT2D eigenvalue weighted by Crippen LogP contribution is -2.47. The van der Waals surface area contributed by atoms with Gasteiger partial charge in [0.2, 0.25) is 20.0 Å². The number of sulfonamides is 2. The third-order valence-corrected chi connectivity index (χ3v) is 8.25. The highest BCUT2D eigenvalue weighted by molar-refractivity contribution is 7.92. The lowest BCUT2D eigenvalue weighted by atomic mass is 10.0. The first-order valence-corrected chi connectivity index (χ1v) is 16.1. The first-order chi connectivity index (χ1) is 17.1. The Balaban J connectivity index is 2.52. The number of carbonyl (C=O) groups excluding carboxylic acids is 1. The van der Waals surface area contributed by atoms with Gasteiger partial charge < -0.3 is 19.5 Å². The number of carbonyl (C=O) groups is 1. The van der Waals surface area contributed by atoms with Gasteiger partial charge in [0.15, 0.2) is 0 Å². The van der Waals surface area contributed by atoms with Crippen LogP contribution in [0.5, 0.6) is 5.75 Å². The summed E-state index contributed by atoms with van der Waals surface area (Å²) in [6, 6.07) is 3.97. The molecule has 0 aliphatic carbocycles. The van der Waals surface area contributed by atoms with Crippen LogP contribution in [-0.4, -0.2) is 101 Å². The Labute approximate surface area is 221 Å². The molecule has 0 spiro atoms. The fourth-order valence-electron chi connectivity index (χ4n) is 4.05. The molecular weight excluding hydrogens is 522 g/mol. The summed E-state index contributed by atoms with van der Waals surface area (Å²) < 4.78 is 63.6. The monoisotopic (exact) mass is 563 g/mol. The largest absolute Gasteiger partial charge is 0.490 e. The maximum absolute atomic E-state index is 13.9. The van der Waals surface area contributed by atoms with E-state index in [0.29, 0.717) is 18.8 Å². The number of hydrogen-bond acceptors (Lipinski definition) is 8. The summed E-state index contributed by atoms with van der Waals surface area (Å²) in [5.74, 6) is -0.410. The number of nitrogens with one attached hydrogen (secondary N) is 1. The normalized spacial score (nSPS) is 23.6. The molecule has 0 saturated carbocycles. The number of likely N-dealkylation sites (N-methyl/N-ethyl adjacent to an activating group) is 1. The highest BCUT2D eigenvalue weighted by Crippen LogP contribution is 2.28. The second-order valence-corrected chi connectivity index (χ2v) is 13.8. The number of ether oxygens (including phenoxy) is 2. The summed E-state index contributed by atoms with van der Waals surface area (Å²) in [6.07, 6.45) is 3.68. The van der Waals surface area contributed by atoms with Gasteiger partial charge in [0.05, 0.1) is 42.9 Å². The van der Waals surface area contributed by atoms with Gasteiger partial charge in [-0.05, 0) is 51.3 Å². The number of amides is 1. The summed E-state index contributed by atoms with van der Waals surface area (Å²) in [5.41, 5.74) is 0.378. The minimum atomic E-state index is -3.58. The van der Waals surface area contributed by atoms with Gasteiger partial charge >= 0.3 is 0 Å². The molecular formula is C24H41N3O8S2. The highest BCUT2D eigenvalue weighted by Gasteiger charge is 2.31. The van der Waals surface area contributed by atoms with Gasteiger partial charge in [-0.25, -0.2) is 21.1 Å². The first-order valence-electron chi connectivity index (χ1n) is 12.4. The number of nitrogens with zero attached hydrogens (tertiary/aromatic N) is 2. The first kappa shape index (κ1) is 31.3. The molecule has 2 rings (SSSR count). The molecule has 0 bridgehead atoms. The number of benzene rings is 1. The number of aliphatic hydroxyl groups is 1. The molecule has 0 radical (unpaired) electrons. The molecule has 1 aliphatic heterocycles. The maximum atomic E-state index is 13.9. The van der Waals surface area contributed by atoms with Crippen LogP contribution < -0.4 is 9.46 Å². The lowest BCUT2D eigenvalue weighted by molar-refractivity contribution is -0.00828. The van der Waals surface area contributed by atoms with Crippen LogP contribution in [0.1, 0.15) is 50.4 Å². The quantitative estimate of drug-likeness (QED) is 0.511. The van der Waals surface area contributed by atoms with Crippen LogP contribution >= 0.6 is 0 Å². The smallest absolute Gasteiger partial charge is 0.258 e. The van der Waals surface area contributed by atoms with E-state index < -0.39 is 38.1 Å². The Morgan fingerprint density at radius 3 is 2.46 bits per heavy atom. The van der Waals surface area contributed by atoms with E-state index in [-0.39, 0.29) is 43.0 Å². The molecule has 4 atom stereocenters. The van der Waals surface area contributed by atoms with Crippen LogP contribution in [0.15, 0.2) is 18.2 Å². The standard InChI is InChI=1S/C24H41N3O8S2/c1-17-14-27(18(2)16-28)24(29)21-13-20(25-36(5,30)31)10-11-22(21)35-19(3)9-7-8-12-34-23(17)15-26(4)37(6,32)33/h10-11,13,17-19,23,25,28H,7-9,12,14-16H2,1-6H3/t17-,18-,19+,23-/m0/s1. The molecule has 1 heterocycles. The van der Waals surface area contributed by atoms with Crippen LogP contribution in [-0.2, 0) is 24.8 Å². The predicted molar refractivity (Wildman–Crippen MR) is 143 cm³/mol. The van der Waals surface area contributed by atoms with Crippen molar-refractivity contribution in [2.45, 2.75) is 58.3 Å². The molecule has 0 saturated heterocycles. The van der Waals surface area contributed by atoms with Gasteiger partial charge in [0.25, 0.3) is 5.91 Å². The van der Waals surface area contributed by atoms with E-state index in [0.717, 1.165) is 25.4 Å². The molecule has 212 valence electrons. The number of fused-ring (bicyclic) bond motifs is 1. The van der Waals surface area contributed by atoms with E-state index in [1.807, 2.05) is 13.8 Å². The Bertz CT molecular complexity index is 1130. The molecule has 11 nitrogen and oxygen atoms in total. The molecule has 2 N–H and O–H groups in total. The zero-order chi connectivity index (χ0) is 28.0. The van der Waals surface area contributed by atoms with Gasteiger partial charge in [-0.15, -0.1) is 0 Å². The minimum Gasteiger partial charge on any atom is -0.490 e. The summed E-state index contributed by atoms with van der Waals surface area (Å²) in [6.45, 7) is 5.88. The number of anilines is 1. The van der Waals surface area contributed by atoms with E-state index in [1.165, 1.54) is 28.4 Å². The van der Waals surface area contributed by atoms with Gasteiger partial charge in [0, 0.05) is 38.3 Å². The maximum Gasteiger partial charge on any atom is 0.258 e. The summed E-state index contributed by atoms with van der Waals surface area (Å²) in [4.78, 5) is 15.4. The van der Waals surface area contributed by atoms with Crippen LogP contribution in [0.4, 0.5) is 5.69 Å². The van der Waals surface area contributed by atoms with Crippen molar-refractivity contribution in [1.82, 2.24) is 9.21 Å². The Morgan fingerprint density at radius 2 is 1.86 bits per heavy atom. The fourth-order valence-corrected chi connectivity index (χ4v) is 5.02. The fraction of sp³-hybridized carbons (Fsp3) is 0.708. The van der Waals surface area contributed by atoms with Crippen molar-refractivity contribution >= 4 is 31.6 Å². The lowest BCUT2D eigenvalue weighted by Gasteiger charge is -2.35. The van der Waals surface area contributed by atoms with Crippen LogP contribution in [0.2, 0.25) is 0 Å². The summed E-state index contributed by atoms with van der Waals surface area (Å²) in [7, 11) is -5.53. The van der Waals surface area contributed by atoms with Crippen molar-refractivity contribution < 1.29 is 36.2 Å².